The summed E-state index contributed by atoms with van der Waals surface area (Å²) in [6.45, 7) is 5.98. The number of fused-ring (bicyclic) bond motifs is 1. The third kappa shape index (κ3) is 4.12. The lowest BCUT2D eigenvalue weighted by molar-refractivity contribution is -0.384. The number of rotatable bonds is 5. The highest BCUT2D eigenvalue weighted by Crippen LogP contribution is 2.25. The molecule has 0 fully saturated rings. The second-order valence-corrected chi connectivity index (χ2v) is 6.49. The summed E-state index contributed by atoms with van der Waals surface area (Å²) < 4.78 is 0. The summed E-state index contributed by atoms with van der Waals surface area (Å²) in [5.41, 5.74) is 8.27. The van der Waals surface area contributed by atoms with Gasteiger partial charge in [0.2, 0.25) is 0 Å². The highest BCUT2D eigenvalue weighted by atomic mass is 16.6. The van der Waals surface area contributed by atoms with Gasteiger partial charge in [-0.05, 0) is 53.8 Å². The Morgan fingerprint density at radius 2 is 1.77 bits per heavy atom. The summed E-state index contributed by atoms with van der Waals surface area (Å²) in [7, 11) is 0. The fraction of sp³-hybridized carbons (Fsp3) is 0.263. The van der Waals surface area contributed by atoms with E-state index in [2.05, 4.69) is 41.4 Å². The second kappa shape index (κ2) is 7.45. The molecule has 0 aliphatic carbocycles. The number of nitrogens with zero attached hydrogens (tertiary/aromatic N) is 3. The topological polar surface area (TPSA) is 87.8 Å². The van der Waals surface area contributed by atoms with E-state index in [1.807, 2.05) is 0 Å². The molecule has 0 bridgehead atoms. The Hall–Kier alpha value is -3.06. The maximum atomic E-state index is 12.1. The summed E-state index contributed by atoms with van der Waals surface area (Å²) in [5.74, 6) is -0.190. The quantitative estimate of drug-likeness (QED) is 0.509. The van der Waals surface area contributed by atoms with E-state index < -0.39 is 4.92 Å². The maximum Gasteiger partial charge on any atom is 0.269 e. The van der Waals surface area contributed by atoms with Gasteiger partial charge in [0.05, 0.1) is 17.7 Å². The molecule has 0 spiro atoms. The fourth-order valence-electron chi connectivity index (χ4n) is 2.98. The lowest BCUT2D eigenvalue weighted by Crippen LogP contribution is -2.32. The largest absolute Gasteiger partial charge is 0.286 e. The van der Waals surface area contributed by atoms with E-state index in [-0.39, 0.29) is 18.1 Å². The van der Waals surface area contributed by atoms with Crippen LogP contribution in [0.3, 0.4) is 0 Å². The van der Waals surface area contributed by atoms with Gasteiger partial charge in [0.1, 0.15) is 0 Å². The van der Waals surface area contributed by atoms with Crippen LogP contribution in [0.5, 0.6) is 0 Å². The molecule has 0 saturated carbocycles. The summed E-state index contributed by atoms with van der Waals surface area (Å²) in [6.07, 6.45) is 1.47. The van der Waals surface area contributed by atoms with Crippen LogP contribution < -0.4 is 5.43 Å². The van der Waals surface area contributed by atoms with E-state index in [4.69, 9.17) is 0 Å². The molecule has 1 N–H and O–H groups in total. The van der Waals surface area contributed by atoms with Crippen LogP contribution in [0, 0.1) is 24.0 Å². The second-order valence-electron chi connectivity index (χ2n) is 6.49. The number of nitro benzene ring substituents is 1. The van der Waals surface area contributed by atoms with E-state index >= 15 is 0 Å². The highest BCUT2D eigenvalue weighted by Gasteiger charge is 2.21. The van der Waals surface area contributed by atoms with E-state index in [0.717, 1.165) is 13.1 Å². The Balaban J connectivity index is 1.51. The zero-order valence-electron chi connectivity index (χ0n) is 14.7. The van der Waals surface area contributed by atoms with Crippen molar-refractivity contribution in [1.82, 2.24) is 10.3 Å². The zero-order valence-corrected chi connectivity index (χ0v) is 14.7. The van der Waals surface area contributed by atoms with Crippen LogP contribution in [0.2, 0.25) is 0 Å². The predicted octanol–water partition coefficient (Wildman–Crippen LogP) is 2.68. The minimum atomic E-state index is -0.459. The van der Waals surface area contributed by atoms with E-state index in [9.17, 15) is 14.9 Å². The van der Waals surface area contributed by atoms with Gasteiger partial charge in [-0.25, -0.2) is 5.43 Å². The van der Waals surface area contributed by atoms with Gasteiger partial charge in [0, 0.05) is 25.2 Å². The smallest absolute Gasteiger partial charge is 0.269 e. The molecule has 1 aliphatic heterocycles. The van der Waals surface area contributed by atoms with Crippen molar-refractivity contribution in [3.8, 4) is 0 Å². The first-order valence-corrected chi connectivity index (χ1v) is 8.30. The minimum Gasteiger partial charge on any atom is -0.286 e. The van der Waals surface area contributed by atoms with Crippen LogP contribution in [0.4, 0.5) is 5.69 Å². The number of benzene rings is 2. The molecular formula is C19H20N4O3. The third-order valence-electron chi connectivity index (χ3n) is 4.48. The molecule has 134 valence electrons. The predicted molar refractivity (Wildman–Crippen MR) is 98.9 cm³/mol. The molecule has 0 atom stereocenters. The molecular weight excluding hydrogens is 332 g/mol. The van der Waals surface area contributed by atoms with Crippen molar-refractivity contribution in [3.05, 3.63) is 74.3 Å². The molecule has 2 aromatic rings. The third-order valence-corrected chi connectivity index (χ3v) is 4.48. The van der Waals surface area contributed by atoms with Crippen molar-refractivity contribution < 1.29 is 9.72 Å². The van der Waals surface area contributed by atoms with Crippen LogP contribution in [-0.2, 0) is 17.9 Å². The van der Waals surface area contributed by atoms with Gasteiger partial charge < -0.3 is 0 Å². The standard InChI is InChI=1S/C19H20N4O3/c1-13-7-16-10-22(11-17(16)8-14(13)2)12-19(24)21-20-9-15-3-5-18(6-4-15)23(25)26/h3-9H,10-12H2,1-2H3,(H,21,24)/b20-9-. The molecule has 1 aliphatic rings. The van der Waals surface area contributed by atoms with Gasteiger partial charge in [-0.3, -0.25) is 19.8 Å². The minimum absolute atomic E-state index is 0.0188. The van der Waals surface area contributed by atoms with Gasteiger partial charge in [-0.1, -0.05) is 12.1 Å². The SMILES string of the molecule is Cc1cc2c(cc1C)CN(CC(=O)N/N=C\c1ccc([N+](=O)[O-])cc1)C2. The first-order valence-electron chi connectivity index (χ1n) is 8.30. The average molecular weight is 352 g/mol. The summed E-state index contributed by atoms with van der Waals surface area (Å²) in [4.78, 5) is 24.3. The average Bonchev–Trinajstić information content (AvgIpc) is 2.96. The van der Waals surface area contributed by atoms with E-state index in [1.54, 1.807) is 12.1 Å². The Bertz CT molecular complexity index is 844. The Morgan fingerprint density at radius 1 is 1.19 bits per heavy atom. The number of nitro groups is 1. The van der Waals surface area contributed by atoms with Crippen LogP contribution in [0.25, 0.3) is 0 Å². The number of aryl methyl sites for hydroxylation is 2. The molecule has 0 radical (unpaired) electrons. The molecule has 0 aromatic heterocycles. The molecule has 7 heteroatoms. The number of nitrogens with one attached hydrogen (secondary N) is 1. The van der Waals surface area contributed by atoms with Crippen LogP contribution in [0.15, 0.2) is 41.5 Å². The molecule has 1 amide bonds. The summed E-state index contributed by atoms with van der Waals surface area (Å²) >= 11 is 0. The first kappa shape index (κ1) is 17.8. The van der Waals surface area contributed by atoms with Gasteiger partial charge in [0.15, 0.2) is 0 Å². The lowest BCUT2D eigenvalue weighted by atomic mass is 10.0. The lowest BCUT2D eigenvalue weighted by Gasteiger charge is -2.12. The number of hydrogen-bond acceptors (Lipinski definition) is 5. The monoisotopic (exact) mass is 352 g/mol. The van der Waals surface area contributed by atoms with Crippen LogP contribution >= 0.6 is 0 Å². The molecule has 7 nitrogen and oxygen atoms in total. The summed E-state index contributed by atoms with van der Waals surface area (Å²) in [6, 6.07) is 10.3. The number of carbonyl (C=O) groups excluding carboxylic acids is 1. The number of amides is 1. The number of non-ortho nitro benzene ring substituents is 1. The Morgan fingerprint density at radius 3 is 2.31 bits per heavy atom. The van der Waals surface area contributed by atoms with Crippen LogP contribution in [-0.4, -0.2) is 28.5 Å². The fourth-order valence-corrected chi connectivity index (χ4v) is 2.98. The van der Waals surface area contributed by atoms with Gasteiger partial charge in [-0.15, -0.1) is 0 Å². The number of carbonyl (C=O) groups is 1. The van der Waals surface area contributed by atoms with Gasteiger partial charge in [-0.2, -0.15) is 5.10 Å². The van der Waals surface area contributed by atoms with Crippen molar-refractivity contribution in [2.24, 2.45) is 5.10 Å². The highest BCUT2D eigenvalue weighted by molar-refractivity contribution is 5.83. The van der Waals surface area contributed by atoms with E-state index in [0.29, 0.717) is 5.56 Å². The molecule has 2 aromatic carbocycles. The van der Waals surface area contributed by atoms with Gasteiger partial charge >= 0.3 is 0 Å². The molecule has 26 heavy (non-hydrogen) atoms. The van der Waals surface area contributed by atoms with E-state index in [1.165, 1.54) is 40.6 Å². The molecule has 0 unspecified atom stereocenters. The zero-order chi connectivity index (χ0) is 18.7. The maximum absolute atomic E-state index is 12.1. The van der Waals surface area contributed by atoms with Crippen molar-refractivity contribution in [3.63, 3.8) is 0 Å². The molecule has 1 heterocycles. The van der Waals surface area contributed by atoms with Gasteiger partial charge in [0.25, 0.3) is 11.6 Å². The normalized spacial score (nSPS) is 13.8. The Kier molecular flexibility index (Phi) is 5.09. The summed E-state index contributed by atoms with van der Waals surface area (Å²) in [5, 5.41) is 14.5. The van der Waals surface area contributed by atoms with Crippen molar-refractivity contribution in [2.45, 2.75) is 26.9 Å². The van der Waals surface area contributed by atoms with Crippen molar-refractivity contribution in [2.75, 3.05) is 6.54 Å². The van der Waals surface area contributed by atoms with Crippen molar-refractivity contribution in [1.29, 1.82) is 0 Å². The number of hydrazone groups is 1. The Labute approximate surface area is 151 Å². The molecule has 0 saturated heterocycles. The number of hydrogen-bond donors (Lipinski definition) is 1. The van der Waals surface area contributed by atoms with Crippen molar-refractivity contribution >= 4 is 17.8 Å². The first-order chi connectivity index (χ1) is 12.4. The van der Waals surface area contributed by atoms with Crippen LogP contribution in [0.1, 0.15) is 27.8 Å². The molecule has 3 rings (SSSR count).